The van der Waals surface area contributed by atoms with Crippen LogP contribution in [0.2, 0.25) is 0 Å². The SMILES string of the molecule is N#Cc1nc(-c2ccccc2F)oc1N. The minimum Gasteiger partial charge on any atom is -0.419 e. The number of nitrogens with two attached hydrogens (primary N) is 1. The molecule has 0 saturated carbocycles. The van der Waals surface area contributed by atoms with Crippen LogP contribution in [0.25, 0.3) is 11.5 Å². The van der Waals surface area contributed by atoms with Crippen molar-refractivity contribution in [3.8, 4) is 17.5 Å². The van der Waals surface area contributed by atoms with Crippen LogP contribution in [0.3, 0.4) is 0 Å². The van der Waals surface area contributed by atoms with Gasteiger partial charge in [0.1, 0.15) is 11.9 Å². The highest BCUT2D eigenvalue weighted by Crippen LogP contribution is 2.25. The second kappa shape index (κ2) is 3.42. The summed E-state index contributed by atoms with van der Waals surface area (Å²) in [6.07, 6.45) is 0. The van der Waals surface area contributed by atoms with E-state index in [9.17, 15) is 4.39 Å². The molecule has 0 atom stereocenters. The molecule has 0 spiro atoms. The topological polar surface area (TPSA) is 75.8 Å². The summed E-state index contributed by atoms with van der Waals surface area (Å²) in [5.74, 6) is -0.554. The lowest BCUT2D eigenvalue weighted by Crippen LogP contribution is -1.84. The molecular formula is C10H6FN3O. The Kier molecular flexibility index (Phi) is 2.10. The van der Waals surface area contributed by atoms with Crippen LogP contribution in [0.4, 0.5) is 10.3 Å². The van der Waals surface area contributed by atoms with E-state index in [0.717, 1.165) is 0 Å². The molecule has 5 heteroatoms. The maximum absolute atomic E-state index is 13.3. The van der Waals surface area contributed by atoms with Gasteiger partial charge in [0.15, 0.2) is 0 Å². The van der Waals surface area contributed by atoms with Gasteiger partial charge in [-0.3, -0.25) is 0 Å². The molecule has 4 nitrogen and oxygen atoms in total. The molecule has 15 heavy (non-hydrogen) atoms. The monoisotopic (exact) mass is 203 g/mol. The number of nitriles is 1. The molecule has 0 aliphatic carbocycles. The molecule has 2 rings (SSSR count). The standard InChI is InChI=1S/C10H6FN3O/c11-7-4-2-1-3-6(7)10-14-8(5-12)9(13)15-10/h1-4H,13H2. The van der Waals surface area contributed by atoms with E-state index in [1.807, 2.05) is 0 Å². The van der Waals surface area contributed by atoms with Gasteiger partial charge in [0.2, 0.25) is 17.5 Å². The minimum atomic E-state index is -0.469. The van der Waals surface area contributed by atoms with Gasteiger partial charge in [-0.2, -0.15) is 10.2 Å². The average molecular weight is 203 g/mol. The highest BCUT2D eigenvalue weighted by Gasteiger charge is 2.14. The summed E-state index contributed by atoms with van der Waals surface area (Å²) < 4.78 is 18.3. The lowest BCUT2D eigenvalue weighted by atomic mass is 10.2. The van der Waals surface area contributed by atoms with E-state index < -0.39 is 5.82 Å². The minimum absolute atomic E-state index is 0.0159. The maximum Gasteiger partial charge on any atom is 0.233 e. The van der Waals surface area contributed by atoms with Gasteiger partial charge in [0.25, 0.3) is 0 Å². The third-order valence-corrected chi connectivity index (χ3v) is 1.86. The van der Waals surface area contributed by atoms with Crippen LogP contribution >= 0.6 is 0 Å². The van der Waals surface area contributed by atoms with E-state index in [2.05, 4.69) is 4.98 Å². The molecule has 0 fully saturated rings. The second-order valence-electron chi connectivity index (χ2n) is 2.82. The Morgan fingerprint density at radius 1 is 1.40 bits per heavy atom. The van der Waals surface area contributed by atoms with Gasteiger partial charge in [-0.25, -0.2) is 4.39 Å². The summed E-state index contributed by atoms with van der Waals surface area (Å²) in [4.78, 5) is 3.77. The number of anilines is 1. The van der Waals surface area contributed by atoms with Crippen LogP contribution in [-0.4, -0.2) is 4.98 Å². The fraction of sp³-hybridized carbons (Fsp3) is 0. The van der Waals surface area contributed by atoms with Crippen molar-refractivity contribution in [1.82, 2.24) is 4.98 Å². The van der Waals surface area contributed by atoms with Crippen molar-refractivity contribution in [2.24, 2.45) is 0 Å². The van der Waals surface area contributed by atoms with Gasteiger partial charge in [-0.05, 0) is 12.1 Å². The molecule has 1 heterocycles. The van der Waals surface area contributed by atoms with Crippen LogP contribution in [0.5, 0.6) is 0 Å². The van der Waals surface area contributed by atoms with E-state index in [4.69, 9.17) is 15.4 Å². The van der Waals surface area contributed by atoms with E-state index in [0.29, 0.717) is 0 Å². The third kappa shape index (κ3) is 1.53. The molecular weight excluding hydrogens is 197 g/mol. The largest absolute Gasteiger partial charge is 0.419 e. The molecule has 0 unspecified atom stereocenters. The molecule has 0 aliphatic rings. The number of hydrogen-bond acceptors (Lipinski definition) is 4. The molecule has 0 amide bonds. The van der Waals surface area contributed by atoms with Crippen molar-refractivity contribution in [2.75, 3.05) is 5.73 Å². The highest BCUT2D eigenvalue weighted by molar-refractivity contribution is 5.58. The number of nitrogens with zero attached hydrogens (tertiary/aromatic N) is 2. The maximum atomic E-state index is 13.3. The molecule has 1 aromatic carbocycles. The average Bonchev–Trinajstić information content (AvgIpc) is 2.60. The number of benzene rings is 1. The van der Waals surface area contributed by atoms with Crippen molar-refractivity contribution >= 4 is 5.88 Å². The number of aromatic nitrogens is 1. The smallest absolute Gasteiger partial charge is 0.233 e. The van der Waals surface area contributed by atoms with E-state index in [1.165, 1.54) is 12.1 Å². The summed E-state index contributed by atoms with van der Waals surface area (Å²) in [6, 6.07) is 7.73. The summed E-state index contributed by atoms with van der Waals surface area (Å²) in [5.41, 5.74) is 5.52. The molecule has 2 N–H and O–H groups in total. The normalized spacial score (nSPS) is 9.87. The van der Waals surface area contributed by atoms with Crippen molar-refractivity contribution in [2.45, 2.75) is 0 Å². The molecule has 2 aromatic rings. The van der Waals surface area contributed by atoms with Gasteiger partial charge >= 0.3 is 0 Å². The van der Waals surface area contributed by atoms with E-state index in [1.54, 1.807) is 18.2 Å². The number of hydrogen-bond donors (Lipinski definition) is 1. The first-order valence-corrected chi connectivity index (χ1v) is 4.13. The van der Waals surface area contributed by atoms with Crippen LogP contribution in [0.15, 0.2) is 28.7 Å². The summed E-state index contributed by atoms with van der Waals surface area (Å²) >= 11 is 0. The van der Waals surface area contributed by atoms with Crippen LogP contribution in [-0.2, 0) is 0 Å². The Morgan fingerprint density at radius 2 is 2.13 bits per heavy atom. The first kappa shape index (κ1) is 9.21. The number of nitrogen functional groups attached to an aromatic ring is 1. The summed E-state index contributed by atoms with van der Waals surface area (Å²) in [5, 5.41) is 8.60. The van der Waals surface area contributed by atoms with Crippen molar-refractivity contribution in [1.29, 1.82) is 5.26 Å². The molecule has 0 radical (unpaired) electrons. The number of rotatable bonds is 1. The molecule has 0 bridgehead atoms. The summed E-state index contributed by atoms with van der Waals surface area (Å²) in [6.45, 7) is 0. The van der Waals surface area contributed by atoms with Crippen molar-refractivity contribution in [3.63, 3.8) is 0 Å². The van der Waals surface area contributed by atoms with Gasteiger partial charge in [0, 0.05) is 0 Å². The number of halogens is 1. The molecule has 74 valence electrons. The quantitative estimate of drug-likeness (QED) is 0.768. The third-order valence-electron chi connectivity index (χ3n) is 1.86. The Balaban J connectivity index is 2.56. The van der Waals surface area contributed by atoms with Gasteiger partial charge in [-0.15, -0.1) is 0 Å². The van der Waals surface area contributed by atoms with E-state index >= 15 is 0 Å². The zero-order valence-corrected chi connectivity index (χ0v) is 7.57. The van der Waals surface area contributed by atoms with Crippen molar-refractivity contribution < 1.29 is 8.81 Å². The fourth-order valence-electron chi connectivity index (χ4n) is 1.16. The van der Waals surface area contributed by atoms with Gasteiger partial charge in [-0.1, -0.05) is 12.1 Å². The lowest BCUT2D eigenvalue weighted by molar-refractivity contribution is 0.577. The van der Waals surface area contributed by atoms with Gasteiger partial charge < -0.3 is 10.2 Å². The fourth-order valence-corrected chi connectivity index (χ4v) is 1.16. The Bertz CT molecular complexity index is 542. The highest BCUT2D eigenvalue weighted by atomic mass is 19.1. The lowest BCUT2D eigenvalue weighted by Gasteiger charge is -1.95. The molecule has 0 saturated heterocycles. The number of oxazole rings is 1. The van der Waals surface area contributed by atoms with E-state index in [-0.39, 0.29) is 23.0 Å². The second-order valence-corrected chi connectivity index (χ2v) is 2.82. The zero-order valence-electron chi connectivity index (χ0n) is 7.57. The first-order valence-electron chi connectivity index (χ1n) is 4.13. The Labute approximate surface area is 84.8 Å². The van der Waals surface area contributed by atoms with Gasteiger partial charge in [0.05, 0.1) is 5.56 Å². The van der Waals surface area contributed by atoms with Crippen LogP contribution in [0, 0.1) is 17.1 Å². The summed E-state index contributed by atoms with van der Waals surface area (Å²) in [7, 11) is 0. The zero-order chi connectivity index (χ0) is 10.8. The van der Waals surface area contributed by atoms with Crippen LogP contribution in [0.1, 0.15) is 5.69 Å². The Morgan fingerprint density at radius 3 is 2.73 bits per heavy atom. The predicted octanol–water partition coefficient (Wildman–Crippen LogP) is 1.93. The van der Waals surface area contributed by atoms with Crippen molar-refractivity contribution in [3.05, 3.63) is 35.8 Å². The van der Waals surface area contributed by atoms with Crippen LogP contribution < -0.4 is 5.73 Å². The predicted molar refractivity (Wildman–Crippen MR) is 51.0 cm³/mol. The molecule has 0 aliphatic heterocycles. The first-order chi connectivity index (χ1) is 7.22. The Hall–Kier alpha value is -2.35. The molecule has 1 aromatic heterocycles.